The minimum atomic E-state index is -4.96. The second-order valence-electron chi connectivity index (χ2n) is 7.79. The van der Waals surface area contributed by atoms with Crippen molar-refractivity contribution in [3.05, 3.63) is 77.7 Å². The number of hydrogen-bond donors (Lipinski definition) is 3. The molecule has 1 unspecified atom stereocenters. The summed E-state index contributed by atoms with van der Waals surface area (Å²) in [5.74, 6) is -1.06. The molecule has 0 aromatic heterocycles. The van der Waals surface area contributed by atoms with E-state index in [0.29, 0.717) is 24.6 Å². The molecule has 0 radical (unpaired) electrons. The summed E-state index contributed by atoms with van der Waals surface area (Å²) in [5, 5.41) is 8.60. The zero-order valence-corrected chi connectivity index (χ0v) is 19.7. The van der Waals surface area contributed by atoms with Crippen molar-refractivity contribution in [2.45, 2.75) is 12.7 Å². The van der Waals surface area contributed by atoms with Crippen LogP contribution in [0.15, 0.2) is 72.1 Å². The first-order valence-corrected chi connectivity index (χ1v) is 11.3. The Kier molecular flexibility index (Phi) is 7.70. The van der Waals surface area contributed by atoms with Crippen molar-refractivity contribution in [1.29, 1.82) is 0 Å². The molecule has 0 saturated carbocycles. The van der Waals surface area contributed by atoms with Crippen LogP contribution >= 0.6 is 11.6 Å². The number of carbonyl (C=O) groups excluding carboxylic acids is 1. The van der Waals surface area contributed by atoms with E-state index in [-0.39, 0.29) is 16.3 Å². The van der Waals surface area contributed by atoms with Crippen molar-refractivity contribution in [3.8, 4) is 0 Å². The van der Waals surface area contributed by atoms with Crippen LogP contribution in [0.2, 0.25) is 5.02 Å². The smallest absolute Gasteiger partial charge is 0.402 e. The van der Waals surface area contributed by atoms with Gasteiger partial charge >= 0.3 is 6.36 Å². The molecule has 1 amide bonds. The fourth-order valence-electron chi connectivity index (χ4n) is 3.68. The zero-order valence-electron chi connectivity index (χ0n) is 18.9. The Morgan fingerprint density at radius 2 is 2.00 bits per heavy atom. The molecule has 8 nitrogen and oxygen atoms in total. The number of benzene rings is 2. The van der Waals surface area contributed by atoms with Crippen LogP contribution in [0.4, 0.5) is 30.2 Å². The number of rotatable bonds is 7. The molecule has 3 N–H and O–H groups in total. The third kappa shape index (κ3) is 6.49. The van der Waals surface area contributed by atoms with E-state index in [1.54, 1.807) is 0 Å². The van der Waals surface area contributed by atoms with Crippen molar-refractivity contribution in [1.82, 2.24) is 5.32 Å². The van der Waals surface area contributed by atoms with Gasteiger partial charge in [0.2, 0.25) is 5.91 Å². The molecule has 2 aromatic carbocycles. The first-order chi connectivity index (χ1) is 17.2. The maximum atomic E-state index is 13.1. The number of amides is 1. The lowest BCUT2D eigenvalue weighted by Crippen LogP contribution is -2.38. The summed E-state index contributed by atoms with van der Waals surface area (Å²) in [6.45, 7) is 6.16. The van der Waals surface area contributed by atoms with Gasteiger partial charge in [0, 0.05) is 41.9 Å². The summed E-state index contributed by atoms with van der Waals surface area (Å²) >= 11 is 6.32. The Morgan fingerprint density at radius 1 is 1.22 bits per heavy atom. The lowest BCUT2D eigenvalue weighted by molar-refractivity contribution is -0.302. The number of carbonyl (C=O) groups is 1. The number of aliphatic imine (C=N–C) groups is 1. The van der Waals surface area contributed by atoms with Crippen LogP contribution in [-0.2, 0) is 14.3 Å². The summed E-state index contributed by atoms with van der Waals surface area (Å²) in [5.41, 5.74) is 1.98. The molecule has 2 aromatic rings. The van der Waals surface area contributed by atoms with E-state index in [1.807, 2.05) is 24.3 Å². The zero-order chi connectivity index (χ0) is 25.7. The minimum Gasteiger partial charge on any atom is -0.402 e. The SMILES string of the molecule is C=CC(=O)Nc1ccc(Cl)c(C2=NC(Nc3cccc(N4CCOCC4)c3)NC=C2OC(F)(F)F)c1. The Hall–Kier alpha value is -3.70. The Morgan fingerprint density at radius 3 is 2.72 bits per heavy atom. The highest BCUT2D eigenvalue weighted by atomic mass is 35.5. The predicted octanol–water partition coefficient (Wildman–Crippen LogP) is 4.47. The number of anilines is 3. The monoisotopic (exact) mass is 521 g/mol. The number of hydrogen-bond acceptors (Lipinski definition) is 7. The van der Waals surface area contributed by atoms with E-state index in [4.69, 9.17) is 16.3 Å². The molecule has 0 bridgehead atoms. The van der Waals surface area contributed by atoms with Gasteiger partial charge in [-0.15, -0.1) is 13.2 Å². The highest BCUT2D eigenvalue weighted by Gasteiger charge is 2.35. The Labute approximate surface area is 210 Å². The van der Waals surface area contributed by atoms with E-state index in [1.165, 1.54) is 18.2 Å². The molecule has 0 aliphatic carbocycles. The molecule has 1 atom stereocenters. The molecule has 4 rings (SSSR count). The van der Waals surface area contributed by atoms with Gasteiger partial charge in [-0.1, -0.05) is 24.2 Å². The second-order valence-corrected chi connectivity index (χ2v) is 8.19. The van der Waals surface area contributed by atoms with E-state index in [2.05, 4.69) is 37.2 Å². The van der Waals surface area contributed by atoms with Crippen molar-refractivity contribution >= 4 is 40.3 Å². The Balaban J connectivity index is 1.63. The van der Waals surface area contributed by atoms with Gasteiger partial charge in [-0.3, -0.25) is 4.79 Å². The summed E-state index contributed by atoms with van der Waals surface area (Å²) in [4.78, 5) is 18.3. The number of morpholine rings is 1. The number of ether oxygens (including phenoxy) is 2. The molecular formula is C24H23ClF3N5O3. The highest BCUT2D eigenvalue weighted by Crippen LogP contribution is 2.30. The van der Waals surface area contributed by atoms with Gasteiger partial charge in [0.15, 0.2) is 12.0 Å². The molecular weight excluding hydrogens is 499 g/mol. The van der Waals surface area contributed by atoms with E-state index in [0.717, 1.165) is 31.1 Å². The average Bonchev–Trinajstić information content (AvgIpc) is 2.86. The quantitative estimate of drug-likeness (QED) is 0.466. The standard InChI is InChI=1S/C24H23ClF3N5O3/c1-2-21(34)30-16-6-7-19(25)18(13-16)22-20(36-24(26,27)28)14-29-23(32-22)31-15-4-3-5-17(12-15)33-8-10-35-11-9-33/h2-7,12-14,23,29,31H,1,8-11H2,(H,30,34). The molecule has 36 heavy (non-hydrogen) atoms. The van der Waals surface area contributed by atoms with Gasteiger partial charge in [0.05, 0.1) is 18.2 Å². The number of allylic oxidation sites excluding steroid dienone is 1. The summed E-state index contributed by atoms with van der Waals surface area (Å²) < 4.78 is 48.9. The molecule has 12 heteroatoms. The third-order valence-corrected chi connectivity index (χ3v) is 5.62. The number of alkyl halides is 3. The molecule has 190 valence electrons. The number of nitrogens with one attached hydrogen (secondary N) is 3. The second kappa shape index (κ2) is 10.9. The lowest BCUT2D eigenvalue weighted by Gasteiger charge is -2.29. The predicted molar refractivity (Wildman–Crippen MR) is 132 cm³/mol. The van der Waals surface area contributed by atoms with Gasteiger partial charge in [0.1, 0.15) is 5.71 Å². The maximum absolute atomic E-state index is 13.1. The molecule has 2 aliphatic rings. The van der Waals surface area contributed by atoms with Crippen molar-refractivity contribution < 1.29 is 27.4 Å². The largest absolute Gasteiger partial charge is 0.573 e. The normalized spacial score (nSPS) is 17.9. The maximum Gasteiger partial charge on any atom is 0.573 e. The van der Waals surface area contributed by atoms with Crippen LogP contribution in [-0.4, -0.2) is 50.6 Å². The number of halogens is 4. The summed E-state index contributed by atoms with van der Waals surface area (Å²) in [7, 11) is 0. The van der Waals surface area contributed by atoms with Gasteiger partial charge < -0.3 is 30.3 Å². The molecule has 1 fully saturated rings. The Bertz CT molecular complexity index is 1200. The van der Waals surface area contributed by atoms with Crippen molar-refractivity contribution in [2.75, 3.05) is 41.8 Å². The van der Waals surface area contributed by atoms with Crippen LogP contribution in [0.5, 0.6) is 0 Å². The van der Waals surface area contributed by atoms with Crippen LogP contribution in [0.1, 0.15) is 5.56 Å². The summed E-state index contributed by atoms with van der Waals surface area (Å²) in [6.07, 6.45) is -3.64. The van der Waals surface area contributed by atoms with Crippen LogP contribution in [0, 0.1) is 0 Å². The van der Waals surface area contributed by atoms with Crippen molar-refractivity contribution in [2.24, 2.45) is 4.99 Å². The van der Waals surface area contributed by atoms with Crippen molar-refractivity contribution in [3.63, 3.8) is 0 Å². The third-order valence-electron chi connectivity index (χ3n) is 5.29. The first kappa shape index (κ1) is 25.4. The fourth-order valence-corrected chi connectivity index (χ4v) is 3.89. The fraction of sp³-hybridized carbons (Fsp3) is 0.250. The van der Waals surface area contributed by atoms with Gasteiger partial charge in [-0.05, 0) is 42.5 Å². The minimum absolute atomic E-state index is 0.122. The molecule has 2 aliphatic heterocycles. The molecule has 2 heterocycles. The summed E-state index contributed by atoms with van der Waals surface area (Å²) in [6, 6.07) is 12.0. The highest BCUT2D eigenvalue weighted by molar-refractivity contribution is 6.35. The van der Waals surface area contributed by atoms with E-state index in [9.17, 15) is 18.0 Å². The topological polar surface area (TPSA) is 87.2 Å². The average molecular weight is 522 g/mol. The van der Waals surface area contributed by atoms with E-state index < -0.39 is 24.3 Å². The number of nitrogens with zero attached hydrogens (tertiary/aromatic N) is 2. The van der Waals surface area contributed by atoms with Gasteiger partial charge in [-0.25, -0.2) is 4.99 Å². The van der Waals surface area contributed by atoms with Crippen LogP contribution < -0.4 is 20.9 Å². The van der Waals surface area contributed by atoms with Gasteiger partial charge in [0.25, 0.3) is 0 Å². The lowest BCUT2D eigenvalue weighted by atomic mass is 10.1. The first-order valence-electron chi connectivity index (χ1n) is 10.9. The van der Waals surface area contributed by atoms with Gasteiger partial charge in [-0.2, -0.15) is 0 Å². The molecule has 1 saturated heterocycles. The van der Waals surface area contributed by atoms with E-state index >= 15 is 0 Å². The molecule has 0 spiro atoms. The van der Waals surface area contributed by atoms with Crippen LogP contribution in [0.3, 0.4) is 0 Å². The van der Waals surface area contributed by atoms with Crippen LogP contribution in [0.25, 0.3) is 0 Å².